The molecule has 0 saturated heterocycles. The fourth-order valence-electron chi connectivity index (χ4n) is 1.68. The van der Waals surface area contributed by atoms with E-state index in [1.807, 2.05) is 0 Å². The SMILES string of the molecule is Cc1cc(C(Cl)Cc2ccc(F)cc2)sc1C. The predicted molar refractivity (Wildman–Crippen MR) is 72.5 cm³/mol. The first-order chi connectivity index (χ1) is 8.06. The molecule has 3 heteroatoms. The van der Waals surface area contributed by atoms with Crippen molar-refractivity contribution in [2.75, 3.05) is 0 Å². The maximum absolute atomic E-state index is 12.8. The Hall–Kier alpha value is -0.860. The van der Waals surface area contributed by atoms with Gasteiger partial charge in [0.25, 0.3) is 0 Å². The Morgan fingerprint density at radius 1 is 1.24 bits per heavy atom. The quantitative estimate of drug-likeness (QED) is 0.685. The van der Waals surface area contributed by atoms with Crippen LogP contribution in [0.4, 0.5) is 4.39 Å². The van der Waals surface area contributed by atoms with Crippen LogP contribution in [0.25, 0.3) is 0 Å². The smallest absolute Gasteiger partial charge is 0.123 e. The lowest BCUT2D eigenvalue weighted by atomic mass is 10.1. The van der Waals surface area contributed by atoms with Crippen molar-refractivity contribution in [2.45, 2.75) is 25.6 Å². The molecule has 0 amide bonds. The van der Waals surface area contributed by atoms with Crippen molar-refractivity contribution in [1.82, 2.24) is 0 Å². The normalized spacial score (nSPS) is 12.7. The summed E-state index contributed by atoms with van der Waals surface area (Å²) in [4.78, 5) is 2.50. The summed E-state index contributed by atoms with van der Waals surface area (Å²) in [6, 6.07) is 8.67. The van der Waals surface area contributed by atoms with Gasteiger partial charge in [0.2, 0.25) is 0 Å². The van der Waals surface area contributed by atoms with Crippen molar-refractivity contribution >= 4 is 22.9 Å². The second kappa shape index (κ2) is 5.19. The Morgan fingerprint density at radius 3 is 2.41 bits per heavy atom. The summed E-state index contributed by atoms with van der Waals surface area (Å²) in [7, 11) is 0. The minimum absolute atomic E-state index is 0.0298. The first-order valence-electron chi connectivity index (χ1n) is 5.51. The zero-order valence-electron chi connectivity index (χ0n) is 9.84. The average Bonchev–Trinajstić information content (AvgIpc) is 2.63. The summed E-state index contributed by atoms with van der Waals surface area (Å²) in [6.07, 6.45) is 0.737. The molecule has 90 valence electrons. The van der Waals surface area contributed by atoms with Gasteiger partial charge in [0, 0.05) is 9.75 Å². The lowest BCUT2D eigenvalue weighted by Crippen LogP contribution is -1.93. The highest BCUT2D eigenvalue weighted by molar-refractivity contribution is 7.12. The van der Waals surface area contributed by atoms with Gasteiger partial charge >= 0.3 is 0 Å². The van der Waals surface area contributed by atoms with Crippen LogP contribution in [-0.4, -0.2) is 0 Å². The summed E-state index contributed by atoms with van der Waals surface area (Å²) < 4.78 is 12.8. The van der Waals surface area contributed by atoms with Crippen molar-refractivity contribution in [3.63, 3.8) is 0 Å². The van der Waals surface area contributed by atoms with E-state index in [1.54, 1.807) is 23.5 Å². The molecule has 0 bridgehead atoms. The van der Waals surface area contributed by atoms with Gasteiger partial charge in [-0.2, -0.15) is 0 Å². The fourth-order valence-corrected chi connectivity index (χ4v) is 3.08. The van der Waals surface area contributed by atoms with E-state index < -0.39 is 0 Å². The molecule has 0 nitrogen and oxygen atoms in total. The lowest BCUT2D eigenvalue weighted by Gasteiger charge is -2.07. The van der Waals surface area contributed by atoms with Crippen LogP contribution in [-0.2, 0) is 6.42 Å². The van der Waals surface area contributed by atoms with Gasteiger partial charge in [-0.15, -0.1) is 22.9 Å². The number of aryl methyl sites for hydroxylation is 2. The van der Waals surface area contributed by atoms with Gasteiger partial charge in [-0.25, -0.2) is 4.39 Å². The Balaban J connectivity index is 2.11. The minimum atomic E-state index is -0.206. The molecule has 0 radical (unpaired) electrons. The third kappa shape index (κ3) is 3.08. The Bertz CT molecular complexity index is 482. The second-order valence-corrected chi connectivity index (χ2v) is 6.00. The second-order valence-electron chi connectivity index (χ2n) is 4.19. The first-order valence-corrected chi connectivity index (χ1v) is 6.77. The highest BCUT2D eigenvalue weighted by Gasteiger charge is 2.12. The molecule has 2 rings (SSSR count). The summed E-state index contributed by atoms with van der Waals surface area (Å²) in [5.74, 6) is -0.206. The van der Waals surface area contributed by atoms with Crippen LogP contribution < -0.4 is 0 Å². The Kier molecular flexibility index (Phi) is 3.85. The molecule has 0 aliphatic rings. The number of hydrogen-bond acceptors (Lipinski definition) is 1. The summed E-state index contributed by atoms with van der Waals surface area (Å²) >= 11 is 8.12. The molecule has 1 heterocycles. The number of hydrogen-bond donors (Lipinski definition) is 0. The number of halogens is 2. The average molecular weight is 269 g/mol. The zero-order chi connectivity index (χ0) is 12.4. The van der Waals surface area contributed by atoms with Crippen molar-refractivity contribution in [3.05, 3.63) is 57.0 Å². The monoisotopic (exact) mass is 268 g/mol. The van der Waals surface area contributed by atoms with Gasteiger partial charge in [-0.1, -0.05) is 12.1 Å². The van der Waals surface area contributed by atoms with Crippen LogP contribution >= 0.6 is 22.9 Å². The number of benzene rings is 1. The molecule has 2 aromatic rings. The molecule has 0 aliphatic carbocycles. The first kappa shape index (κ1) is 12.6. The van der Waals surface area contributed by atoms with Gasteiger partial charge in [-0.3, -0.25) is 0 Å². The van der Waals surface area contributed by atoms with Gasteiger partial charge in [0.05, 0.1) is 5.38 Å². The molecular formula is C14H14ClFS. The van der Waals surface area contributed by atoms with E-state index in [4.69, 9.17) is 11.6 Å². The zero-order valence-corrected chi connectivity index (χ0v) is 11.4. The summed E-state index contributed by atoms with van der Waals surface area (Å²) in [6.45, 7) is 4.20. The van der Waals surface area contributed by atoms with Crippen LogP contribution in [0.1, 0.15) is 26.3 Å². The largest absolute Gasteiger partial charge is 0.207 e. The van der Waals surface area contributed by atoms with Crippen molar-refractivity contribution in [2.24, 2.45) is 0 Å². The van der Waals surface area contributed by atoms with E-state index in [9.17, 15) is 4.39 Å². The number of thiophene rings is 1. The molecular weight excluding hydrogens is 255 g/mol. The maximum atomic E-state index is 12.8. The molecule has 17 heavy (non-hydrogen) atoms. The topological polar surface area (TPSA) is 0 Å². The molecule has 0 aliphatic heterocycles. The fraction of sp³-hybridized carbons (Fsp3) is 0.286. The van der Waals surface area contributed by atoms with Gasteiger partial charge in [-0.05, 0) is 49.6 Å². The lowest BCUT2D eigenvalue weighted by molar-refractivity contribution is 0.627. The number of alkyl halides is 1. The molecule has 0 N–H and O–H groups in total. The molecule has 0 fully saturated rings. The van der Waals surface area contributed by atoms with E-state index in [-0.39, 0.29) is 11.2 Å². The molecule has 1 aromatic heterocycles. The van der Waals surface area contributed by atoms with Crippen molar-refractivity contribution in [3.8, 4) is 0 Å². The molecule has 1 unspecified atom stereocenters. The maximum Gasteiger partial charge on any atom is 0.123 e. The van der Waals surface area contributed by atoms with Crippen LogP contribution in [0, 0.1) is 19.7 Å². The number of rotatable bonds is 3. The van der Waals surface area contributed by atoms with Gasteiger partial charge in [0.1, 0.15) is 5.82 Å². The van der Waals surface area contributed by atoms with E-state index in [0.29, 0.717) is 0 Å². The summed E-state index contributed by atoms with van der Waals surface area (Å²) in [5, 5.41) is -0.0298. The van der Waals surface area contributed by atoms with Crippen molar-refractivity contribution < 1.29 is 4.39 Å². The standard InChI is InChI=1S/C14H14ClFS/c1-9-7-14(17-10(9)2)13(15)8-11-3-5-12(16)6-4-11/h3-7,13H,8H2,1-2H3. The van der Waals surface area contributed by atoms with E-state index >= 15 is 0 Å². The molecule has 1 atom stereocenters. The van der Waals surface area contributed by atoms with Gasteiger partial charge < -0.3 is 0 Å². The van der Waals surface area contributed by atoms with E-state index in [2.05, 4.69) is 19.9 Å². The van der Waals surface area contributed by atoms with Gasteiger partial charge in [0.15, 0.2) is 0 Å². The highest BCUT2D eigenvalue weighted by atomic mass is 35.5. The molecule has 1 aromatic carbocycles. The predicted octanol–water partition coefficient (Wildman–Crippen LogP) is 5.03. The minimum Gasteiger partial charge on any atom is -0.207 e. The Morgan fingerprint density at radius 2 is 1.88 bits per heavy atom. The third-order valence-corrected chi connectivity index (χ3v) is 4.61. The van der Waals surface area contributed by atoms with Crippen molar-refractivity contribution in [1.29, 1.82) is 0 Å². The van der Waals surface area contributed by atoms with Crippen LogP contribution in [0.2, 0.25) is 0 Å². The van der Waals surface area contributed by atoms with Crippen LogP contribution in [0.3, 0.4) is 0 Å². The molecule has 0 saturated carbocycles. The summed E-state index contributed by atoms with van der Waals surface area (Å²) in [5.41, 5.74) is 2.35. The van der Waals surface area contributed by atoms with Crippen LogP contribution in [0.15, 0.2) is 30.3 Å². The third-order valence-electron chi connectivity index (χ3n) is 2.82. The molecule has 0 spiro atoms. The highest BCUT2D eigenvalue weighted by Crippen LogP contribution is 2.32. The Labute approximate surface area is 110 Å². The van der Waals surface area contributed by atoms with Crippen LogP contribution in [0.5, 0.6) is 0 Å². The van der Waals surface area contributed by atoms with E-state index in [0.717, 1.165) is 12.0 Å². The van der Waals surface area contributed by atoms with E-state index in [1.165, 1.54) is 27.5 Å².